The van der Waals surface area contributed by atoms with Gasteiger partial charge in [-0.05, 0) is 73.0 Å². The minimum atomic E-state index is -0.113. The van der Waals surface area contributed by atoms with Crippen LogP contribution in [0.5, 0.6) is 0 Å². The van der Waals surface area contributed by atoms with Gasteiger partial charge < -0.3 is 24.8 Å². The van der Waals surface area contributed by atoms with Crippen LogP contribution in [0.1, 0.15) is 31.4 Å². The summed E-state index contributed by atoms with van der Waals surface area (Å²) in [6, 6.07) is 21.5. The van der Waals surface area contributed by atoms with E-state index in [2.05, 4.69) is 34.5 Å². The van der Waals surface area contributed by atoms with E-state index in [0.29, 0.717) is 23.2 Å². The molecule has 1 aliphatic rings. The van der Waals surface area contributed by atoms with Crippen LogP contribution in [0.15, 0.2) is 66.7 Å². The van der Waals surface area contributed by atoms with E-state index >= 15 is 0 Å². The molecule has 1 heterocycles. The summed E-state index contributed by atoms with van der Waals surface area (Å²) in [5.41, 5.74) is 4.71. The fourth-order valence-corrected chi connectivity index (χ4v) is 5.46. The average Bonchev–Trinajstić information content (AvgIpc) is 3.48. The SMILES string of the molecule is COCCN(CC(=O)N(C)C(CN1CCCC1)c1ccc(-c2cccc(NC(C)=O)c2)cc1)c1ccc(Cl)c(Cl)c1. The summed E-state index contributed by atoms with van der Waals surface area (Å²) in [7, 11) is 3.53. The number of ether oxygens (including phenoxy) is 1. The van der Waals surface area contributed by atoms with Crippen LogP contribution in [0.25, 0.3) is 11.1 Å². The molecule has 0 radical (unpaired) electrons. The van der Waals surface area contributed by atoms with E-state index in [9.17, 15) is 9.59 Å². The number of amides is 2. The maximum Gasteiger partial charge on any atom is 0.242 e. The van der Waals surface area contributed by atoms with Gasteiger partial charge in [-0.2, -0.15) is 0 Å². The van der Waals surface area contributed by atoms with Gasteiger partial charge in [-0.15, -0.1) is 0 Å². The fourth-order valence-electron chi connectivity index (χ4n) is 5.17. The number of nitrogens with zero attached hydrogens (tertiary/aromatic N) is 3. The molecule has 3 aromatic carbocycles. The predicted molar refractivity (Wildman–Crippen MR) is 168 cm³/mol. The second-order valence-electron chi connectivity index (χ2n) is 10.4. The number of likely N-dealkylation sites (N-methyl/N-ethyl adjacent to an activating group) is 1. The Morgan fingerprint density at radius 1 is 0.976 bits per heavy atom. The van der Waals surface area contributed by atoms with Gasteiger partial charge in [-0.1, -0.05) is 59.6 Å². The van der Waals surface area contributed by atoms with Crippen molar-refractivity contribution >= 4 is 46.4 Å². The van der Waals surface area contributed by atoms with E-state index in [0.717, 1.165) is 47.7 Å². The van der Waals surface area contributed by atoms with E-state index < -0.39 is 0 Å². The predicted octanol–water partition coefficient (Wildman–Crippen LogP) is 6.37. The molecule has 41 heavy (non-hydrogen) atoms. The lowest BCUT2D eigenvalue weighted by Gasteiger charge is -2.34. The molecule has 1 fully saturated rings. The van der Waals surface area contributed by atoms with Crippen molar-refractivity contribution < 1.29 is 14.3 Å². The van der Waals surface area contributed by atoms with Gasteiger partial charge in [0.1, 0.15) is 0 Å². The van der Waals surface area contributed by atoms with Crippen molar-refractivity contribution in [1.29, 1.82) is 0 Å². The van der Waals surface area contributed by atoms with Crippen molar-refractivity contribution in [2.24, 2.45) is 0 Å². The molecule has 3 aromatic rings. The zero-order valence-corrected chi connectivity index (χ0v) is 25.4. The number of methoxy groups -OCH3 is 1. The highest BCUT2D eigenvalue weighted by Crippen LogP contribution is 2.30. The number of benzene rings is 3. The molecule has 0 aliphatic carbocycles. The Balaban J connectivity index is 1.56. The third-order valence-corrected chi connectivity index (χ3v) is 8.20. The summed E-state index contributed by atoms with van der Waals surface area (Å²) < 4.78 is 5.32. The Labute approximate surface area is 253 Å². The summed E-state index contributed by atoms with van der Waals surface area (Å²) in [4.78, 5) is 31.5. The van der Waals surface area contributed by atoms with Crippen molar-refractivity contribution in [1.82, 2.24) is 9.80 Å². The molecule has 0 spiro atoms. The van der Waals surface area contributed by atoms with Gasteiger partial charge in [0.25, 0.3) is 0 Å². The van der Waals surface area contributed by atoms with Gasteiger partial charge in [0.15, 0.2) is 0 Å². The number of nitrogens with one attached hydrogen (secondary N) is 1. The standard InChI is InChI=1S/C32H38Cl2N4O3/c1-23(39)35-27-8-6-7-26(19-27)24-9-11-25(12-10-24)31(21-37-15-4-5-16-37)36(2)32(40)22-38(17-18-41-3)28-13-14-29(33)30(34)20-28/h6-14,19-20,31H,4-5,15-18,21-22H2,1-3H3,(H,35,39). The first-order chi connectivity index (χ1) is 19.7. The van der Waals surface area contributed by atoms with Crippen LogP contribution in [0.4, 0.5) is 11.4 Å². The topological polar surface area (TPSA) is 65.1 Å². The van der Waals surface area contributed by atoms with E-state index in [1.165, 1.54) is 19.8 Å². The minimum absolute atomic E-state index is 0.00320. The Morgan fingerprint density at radius 2 is 1.71 bits per heavy atom. The number of anilines is 2. The third-order valence-electron chi connectivity index (χ3n) is 7.46. The highest BCUT2D eigenvalue weighted by molar-refractivity contribution is 6.42. The number of carbonyl (C=O) groups is 2. The number of halogens is 2. The Morgan fingerprint density at radius 3 is 2.37 bits per heavy atom. The summed E-state index contributed by atoms with van der Waals surface area (Å²) in [6.07, 6.45) is 2.35. The van der Waals surface area contributed by atoms with Gasteiger partial charge >= 0.3 is 0 Å². The van der Waals surface area contributed by atoms with Gasteiger partial charge in [-0.25, -0.2) is 0 Å². The fraction of sp³-hybridized carbons (Fsp3) is 0.375. The van der Waals surface area contributed by atoms with Crippen LogP contribution in [-0.4, -0.2) is 75.1 Å². The quantitative estimate of drug-likeness (QED) is 0.263. The summed E-state index contributed by atoms with van der Waals surface area (Å²) >= 11 is 12.4. The van der Waals surface area contributed by atoms with E-state index in [1.54, 1.807) is 19.2 Å². The lowest BCUT2D eigenvalue weighted by atomic mass is 9.99. The van der Waals surface area contributed by atoms with Crippen LogP contribution in [0.2, 0.25) is 10.0 Å². The van der Waals surface area contributed by atoms with E-state index in [-0.39, 0.29) is 24.4 Å². The molecule has 2 amide bonds. The molecule has 1 atom stereocenters. The van der Waals surface area contributed by atoms with Crippen LogP contribution in [0, 0.1) is 0 Å². The Kier molecular flexibility index (Phi) is 11.1. The molecular formula is C32H38Cl2N4O3. The second-order valence-corrected chi connectivity index (χ2v) is 11.2. The molecule has 1 N–H and O–H groups in total. The monoisotopic (exact) mass is 596 g/mol. The average molecular weight is 598 g/mol. The zero-order valence-electron chi connectivity index (χ0n) is 23.9. The highest BCUT2D eigenvalue weighted by Gasteiger charge is 2.27. The van der Waals surface area contributed by atoms with Crippen molar-refractivity contribution in [2.75, 3.05) is 63.7 Å². The molecular weight excluding hydrogens is 559 g/mol. The second kappa shape index (κ2) is 14.7. The highest BCUT2D eigenvalue weighted by atomic mass is 35.5. The molecule has 1 saturated heterocycles. The van der Waals surface area contributed by atoms with Gasteiger partial charge in [0, 0.05) is 45.5 Å². The number of hydrogen-bond acceptors (Lipinski definition) is 5. The number of carbonyl (C=O) groups excluding carboxylic acids is 2. The summed E-state index contributed by atoms with van der Waals surface area (Å²) in [5, 5.41) is 3.76. The van der Waals surface area contributed by atoms with Gasteiger partial charge in [-0.3, -0.25) is 9.59 Å². The number of likely N-dealkylation sites (tertiary alicyclic amines) is 1. The first kappa shape index (κ1) is 30.8. The molecule has 0 aromatic heterocycles. The molecule has 7 nitrogen and oxygen atoms in total. The van der Waals surface area contributed by atoms with Crippen molar-refractivity contribution in [2.45, 2.75) is 25.8 Å². The third kappa shape index (κ3) is 8.46. The number of rotatable bonds is 12. The molecule has 1 aliphatic heterocycles. The first-order valence-electron chi connectivity index (χ1n) is 13.9. The maximum atomic E-state index is 13.8. The van der Waals surface area contributed by atoms with Gasteiger partial charge in [0.2, 0.25) is 11.8 Å². The van der Waals surface area contributed by atoms with Crippen LogP contribution in [-0.2, 0) is 14.3 Å². The van der Waals surface area contributed by atoms with Crippen molar-refractivity contribution in [3.63, 3.8) is 0 Å². The minimum Gasteiger partial charge on any atom is -0.383 e. The Hall–Kier alpha value is -3.10. The summed E-state index contributed by atoms with van der Waals surface area (Å²) in [5.74, 6) is -0.0987. The molecule has 0 bridgehead atoms. The first-order valence-corrected chi connectivity index (χ1v) is 14.7. The van der Waals surface area contributed by atoms with E-state index in [4.69, 9.17) is 27.9 Å². The molecule has 4 rings (SSSR count). The zero-order chi connectivity index (χ0) is 29.4. The lowest BCUT2D eigenvalue weighted by molar-refractivity contribution is -0.131. The maximum absolute atomic E-state index is 13.8. The van der Waals surface area contributed by atoms with Gasteiger partial charge in [0.05, 0.1) is 29.2 Å². The molecule has 218 valence electrons. The Bertz CT molecular complexity index is 1330. The van der Waals surface area contributed by atoms with Crippen molar-refractivity contribution in [3.8, 4) is 11.1 Å². The lowest BCUT2D eigenvalue weighted by Crippen LogP contribution is -2.44. The smallest absolute Gasteiger partial charge is 0.242 e. The van der Waals surface area contributed by atoms with Crippen LogP contribution >= 0.6 is 23.2 Å². The van der Waals surface area contributed by atoms with Crippen LogP contribution in [0.3, 0.4) is 0 Å². The normalized spacial score (nSPS) is 14.1. The number of hydrogen-bond donors (Lipinski definition) is 1. The molecule has 0 saturated carbocycles. The molecule has 9 heteroatoms. The summed E-state index contributed by atoms with van der Waals surface area (Å²) in [6.45, 7) is 5.54. The largest absolute Gasteiger partial charge is 0.383 e. The van der Waals surface area contributed by atoms with Crippen LogP contribution < -0.4 is 10.2 Å². The molecule has 1 unspecified atom stereocenters. The van der Waals surface area contributed by atoms with E-state index in [1.807, 2.05) is 47.2 Å². The van der Waals surface area contributed by atoms with Crippen molar-refractivity contribution in [3.05, 3.63) is 82.3 Å².